The summed E-state index contributed by atoms with van der Waals surface area (Å²) in [5.41, 5.74) is 5.04. The molecule has 2 aromatic rings. The molecule has 13 heteroatoms. The van der Waals surface area contributed by atoms with Crippen LogP contribution in [-0.4, -0.2) is 46.6 Å². The molecule has 0 saturated carbocycles. The molecule has 0 atom stereocenters. The van der Waals surface area contributed by atoms with Crippen LogP contribution in [0.1, 0.15) is 31.8 Å². The van der Waals surface area contributed by atoms with Gasteiger partial charge in [-0.3, -0.25) is 10.2 Å². The van der Waals surface area contributed by atoms with Crippen LogP contribution in [0.3, 0.4) is 0 Å². The van der Waals surface area contributed by atoms with E-state index >= 15 is 0 Å². The van der Waals surface area contributed by atoms with Gasteiger partial charge in [0.2, 0.25) is 0 Å². The van der Waals surface area contributed by atoms with Gasteiger partial charge in [-0.25, -0.2) is 18.4 Å². The zero-order valence-electron chi connectivity index (χ0n) is 18.1. The van der Waals surface area contributed by atoms with Crippen molar-refractivity contribution < 1.29 is 38.1 Å². The molecule has 35 heavy (non-hydrogen) atoms. The van der Waals surface area contributed by atoms with Gasteiger partial charge in [-0.05, 0) is 54.5 Å². The predicted molar refractivity (Wildman–Crippen MR) is 120 cm³/mol. The molecule has 2 aromatic carbocycles. The average Bonchev–Trinajstić information content (AvgIpc) is 2.79. The van der Waals surface area contributed by atoms with Crippen molar-refractivity contribution in [1.82, 2.24) is 0 Å². The second-order valence-electron chi connectivity index (χ2n) is 6.89. The van der Waals surface area contributed by atoms with Crippen molar-refractivity contribution in [3.05, 3.63) is 70.3 Å². The molecular weight excluding hydrogens is 468 g/mol. The first-order valence-corrected chi connectivity index (χ1v) is 9.73. The minimum Gasteiger partial charge on any atom is -0.490 e. The van der Waals surface area contributed by atoms with Gasteiger partial charge in [0.1, 0.15) is 11.5 Å². The van der Waals surface area contributed by atoms with E-state index in [-0.39, 0.29) is 41.2 Å². The molecule has 0 aromatic heterocycles. The molecule has 5 N–H and O–H groups in total. The van der Waals surface area contributed by atoms with Gasteiger partial charge >= 0.3 is 11.9 Å². The lowest BCUT2D eigenvalue weighted by Crippen LogP contribution is -2.22. The van der Waals surface area contributed by atoms with Gasteiger partial charge in [0.25, 0.3) is 5.91 Å². The van der Waals surface area contributed by atoms with E-state index in [9.17, 15) is 28.3 Å². The highest BCUT2D eigenvalue weighted by molar-refractivity contribution is 6.46. The van der Waals surface area contributed by atoms with E-state index < -0.39 is 40.8 Å². The summed E-state index contributed by atoms with van der Waals surface area (Å²) >= 11 is 0. The Hall–Kier alpha value is -4.81. The molecule has 0 radical (unpaired) electrons. The van der Waals surface area contributed by atoms with E-state index in [1.54, 1.807) is 0 Å². The Morgan fingerprint density at radius 3 is 2.37 bits per heavy atom. The first-order chi connectivity index (χ1) is 16.5. The molecule has 0 aliphatic carbocycles. The number of ether oxygens (including phenoxy) is 1. The highest BCUT2D eigenvalue weighted by Crippen LogP contribution is 2.24. The molecular formula is C22H19F2N5O6. The highest BCUT2D eigenvalue weighted by Gasteiger charge is 2.19. The van der Waals surface area contributed by atoms with Crippen molar-refractivity contribution in [3.8, 4) is 5.75 Å². The number of rotatable bonds is 11. The van der Waals surface area contributed by atoms with E-state index in [1.807, 2.05) is 0 Å². The zero-order valence-corrected chi connectivity index (χ0v) is 18.1. The van der Waals surface area contributed by atoms with Gasteiger partial charge in [-0.1, -0.05) is 5.22 Å². The molecule has 0 spiro atoms. The topological polar surface area (TPSA) is 185 Å². The minimum absolute atomic E-state index is 0.0594. The van der Waals surface area contributed by atoms with Crippen molar-refractivity contribution in [2.45, 2.75) is 13.3 Å². The first-order valence-electron chi connectivity index (χ1n) is 9.73. The lowest BCUT2D eigenvalue weighted by molar-refractivity contribution is -0.110. The van der Waals surface area contributed by atoms with Gasteiger partial charge < -0.3 is 20.3 Å². The number of hydrogen-bond acceptors (Lipinski definition) is 7. The minimum atomic E-state index is -1.52. The number of nitrogens with one attached hydrogen (secondary N) is 3. The Kier molecular flexibility index (Phi) is 8.97. The average molecular weight is 487 g/mol. The second kappa shape index (κ2) is 11.9. The third-order valence-corrected chi connectivity index (χ3v) is 4.52. The summed E-state index contributed by atoms with van der Waals surface area (Å²) in [6, 6.07) is 3.75. The Labute approximate surface area is 196 Å². The van der Waals surface area contributed by atoms with Crippen LogP contribution >= 0.6 is 0 Å². The highest BCUT2D eigenvalue weighted by atomic mass is 19.1. The summed E-state index contributed by atoms with van der Waals surface area (Å²) < 4.78 is 33.9. The monoisotopic (exact) mass is 487 g/mol. The predicted octanol–water partition coefficient (Wildman–Crippen LogP) is 3.82. The summed E-state index contributed by atoms with van der Waals surface area (Å²) in [5.74, 6) is -5.90. The molecule has 1 amide bonds. The summed E-state index contributed by atoms with van der Waals surface area (Å²) in [5, 5.41) is 34.2. The van der Waals surface area contributed by atoms with Gasteiger partial charge in [0.15, 0.2) is 11.6 Å². The number of carboxylic acid groups (broad SMARTS) is 2. The normalized spacial score (nSPS) is 10.9. The summed E-state index contributed by atoms with van der Waals surface area (Å²) in [4.78, 5) is 34.8. The number of anilines is 1. The van der Waals surface area contributed by atoms with Crippen LogP contribution in [0, 0.1) is 29.5 Å². The molecule has 0 bridgehead atoms. The number of benzene rings is 2. The third-order valence-electron chi connectivity index (χ3n) is 4.52. The molecule has 0 unspecified atom stereocenters. The van der Waals surface area contributed by atoms with Crippen molar-refractivity contribution in [3.63, 3.8) is 0 Å². The number of nitrogens with zero attached hydrogens (tertiary/aromatic N) is 2. The number of hydrogen-bond donors (Lipinski definition) is 5. The SMILES string of the molecule is Cc1cc(OCCc2cc(NC(=O)C(=N)/C=C\C=N\N=N)c(C(=O)O)cc2F)c(F)cc1C(=O)O. The van der Waals surface area contributed by atoms with Crippen molar-refractivity contribution in [1.29, 1.82) is 10.9 Å². The van der Waals surface area contributed by atoms with Gasteiger partial charge in [0, 0.05) is 6.42 Å². The Morgan fingerprint density at radius 2 is 1.74 bits per heavy atom. The lowest BCUT2D eigenvalue weighted by atomic mass is 10.1. The van der Waals surface area contributed by atoms with Crippen LogP contribution in [0.4, 0.5) is 14.5 Å². The number of carboxylic acids is 2. The number of carbonyl (C=O) groups excluding carboxylic acids is 1. The quantitative estimate of drug-likeness (QED) is 0.182. The maximum absolute atomic E-state index is 14.5. The second-order valence-corrected chi connectivity index (χ2v) is 6.89. The van der Waals surface area contributed by atoms with Crippen LogP contribution in [0.25, 0.3) is 0 Å². The van der Waals surface area contributed by atoms with E-state index in [4.69, 9.17) is 20.8 Å². The zero-order chi connectivity index (χ0) is 26.1. The fraction of sp³-hybridized carbons (Fsp3) is 0.136. The fourth-order valence-corrected chi connectivity index (χ4v) is 2.83. The fourth-order valence-electron chi connectivity index (χ4n) is 2.83. The third kappa shape index (κ3) is 7.08. The molecule has 0 heterocycles. The van der Waals surface area contributed by atoms with Gasteiger partial charge in [-0.2, -0.15) is 5.53 Å². The van der Waals surface area contributed by atoms with E-state index in [0.717, 1.165) is 30.5 Å². The van der Waals surface area contributed by atoms with Crippen LogP contribution in [0.2, 0.25) is 0 Å². The first kappa shape index (κ1) is 26.4. The Bertz CT molecular complexity index is 1260. The number of amides is 1. The number of aromatic carboxylic acids is 2. The molecule has 0 aliphatic heterocycles. The number of halogens is 2. The Balaban J connectivity index is 2.20. The molecule has 182 valence electrons. The smallest absolute Gasteiger partial charge is 0.337 e. The maximum atomic E-state index is 14.5. The van der Waals surface area contributed by atoms with Crippen LogP contribution < -0.4 is 10.1 Å². The van der Waals surface area contributed by atoms with Crippen molar-refractivity contribution in [2.75, 3.05) is 11.9 Å². The Morgan fingerprint density at radius 1 is 1.09 bits per heavy atom. The summed E-state index contributed by atoms with van der Waals surface area (Å²) in [6.45, 7) is 1.21. The van der Waals surface area contributed by atoms with Crippen molar-refractivity contribution >= 4 is 35.5 Å². The number of carbonyl (C=O) groups is 3. The standard InChI is InChI=1S/C22H19F2N5O6/c1-11-7-19(16(24)9-13(11)21(31)32)35-6-4-12-8-18(14(22(33)34)10-15(12)23)28-20(30)17(25)3-2-5-27-29-26/h2-3,5,7-10,25-26H,4,6H2,1H3,(H,28,30)(H,31,32)(H,33,34)/b3-2-,25-17?,27-5+,29-26?. The summed E-state index contributed by atoms with van der Waals surface area (Å²) in [6.07, 6.45) is 3.08. The van der Waals surface area contributed by atoms with Crippen LogP contribution in [0.15, 0.2) is 46.7 Å². The van der Waals surface area contributed by atoms with E-state index in [1.165, 1.54) is 13.0 Å². The van der Waals surface area contributed by atoms with Crippen LogP contribution in [-0.2, 0) is 11.2 Å². The van der Waals surface area contributed by atoms with E-state index in [0.29, 0.717) is 6.07 Å². The number of aryl methyl sites for hydroxylation is 1. The molecule has 0 fully saturated rings. The number of allylic oxidation sites excluding steroid dienone is 1. The van der Waals surface area contributed by atoms with Crippen molar-refractivity contribution in [2.24, 2.45) is 10.3 Å². The molecule has 2 rings (SSSR count). The maximum Gasteiger partial charge on any atom is 0.337 e. The van der Waals surface area contributed by atoms with Gasteiger partial charge in [-0.15, -0.1) is 5.10 Å². The summed E-state index contributed by atoms with van der Waals surface area (Å²) in [7, 11) is 0. The van der Waals surface area contributed by atoms with Crippen LogP contribution in [0.5, 0.6) is 5.75 Å². The van der Waals surface area contributed by atoms with Gasteiger partial charge in [0.05, 0.1) is 29.6 Å². The largest absolute Gasteiger partial charge is 0.490 e. The molecule has 0 aliphatic rings. The molecule has 0 saturated heterocycles. The lowest BCUT2D eigenvalue weighted by Gasteiger charge is -2.13. The molecule has 11 nitrogen and oxygen atoms in total. The van der Waals surface area contributed by atoms with E-state index in [2.05, 4.69) is 15.6 Å².